The van der Waals surface area contributed by atoms with Gasteiger partial charge in [0.15, 0.2) is 5.96 Å². The van der Waals surface area contributed by atoms with Gasteiger partial charge in [0, 0.05) is 31.1 Å². The molecule has 4 aromatic rings. The standard InChI is InChI=1S/C26H25N7O5S/c34-24-18-14-16(4-2-11-28-26-29-12-13-30-26)8-9-19(18)31-22(32-24)15-20(25(35)36)33-39(37,38)21-7-1-5-17-6-3-10-27-23(17)21/h1-10,14,20,33H,11-13,15H2,(H,35,36)(H2,28,29,30)(H,31,32,34)/b4-2+/t20-/m0/s1. The second-order valence-electron chi connectivity index (χ2n) is 8.78. The van der Waals surface area contributed by atoms with E-state index in [-0.39, 0.29) is 22.7 Å². The molecule has 200 valence electrons. The van der Waals surface area contributed by atoms with Crippen molar-refractivity contribution in [3.63, 3.8) is 0 Å². The molecule has 3 heterocycles. The Morgan fingerprint density at radius 1 is 1.18 bits per heavy atom. The molecular weight excluding hydrogens is 522 g/mol. The van der Waals surface area contributed by atoms with Crippen molar-refractivity contribution in [2.75, 3.05) is 19.6 Å². The second-order valence-corrected chi connectivity index (χ2v) is 10.5. The van der Waals surface area contributed by atoms with E-state index in [1.807, 2.05) is 12.2 Å². The number of para-hydroxylation sites is 1. The van der Waals surface area contributed by atoms with Crippen molar-refractivity contribution in [2.45, 2.75) is 17.4 Å². The van der Waals surface area contributed by atoms with Crippen LogP contribution in [0, 0.1) is 0 Å². The van der Waals surface area contributed by atoms with Gasteiger partial charge in [0.1, 0.15) is 16.8 Å². The van der Waals surface area contributed by atoms with Gasteiger partial charge in [-0.05, 0) is 29.8 Å². The van der Waals surface area contributed by atoms with E-state index in [2.05, 4.69) is 35.3 Å². The van der Waals surface area contributed by atoms with Crippen molar-refractivity contribution in [3.8, 4) is 0 Å². The number of guanidine groups is 1. The third-order valence-electron chi connectivity index (χ3n) is 6.03. The highest BCUT2D eigenvalue weighted by atomic mass is 32.2. The van der Waals surface area contributed by atoms with Crippen LogP contribution >= 0.6 is 0 Å². The maximum Gasteiger partial charge on any atom is 0.322 e. The smallest absolute Gasteiger partial charge is 0.322 e. The fraction of sp³-hybridized carbons (Fsp3) is 0.192. The zero-order valence-electron chi connectivity index (χ0n) is 20.6. The SMILES string of the molecule is O=C(O)[C@H](Cc1nc2ccc(/C=C/CNC3=NCCN3)cc2c(=O)[nH]1)NS(=O)(=O)c1cccc2cccnc12. The molecule has 1 atom stereocenters. The van der Waals surface area contributed by atoms with Crippen LogP contribution in [0.2, 0.25) is 0 Å². The Balaban J connectivity index is 1.34. The van der Waals surface area contributed by atoms with Crippen LogP contribution < -0.4 is 20.9 Å². The minimum Gasteiger partial charge on any atom is -0.480 e. The number of H-pyrrole nitrogens is 1. The Kier molecular flexibility index (Phi) is 7.34. The van der Waals surface area contributed by atoms with E-state index in [9.17, 15) is 23.1 Å². The van der Waals surface area contributed by atoms with Crippen LogP contribution in [0.3, 0.4) is 0 Å². The molecule has 0 radical (unpaired) electrons. The molecule has 0 saturated carbocycles. The summed E-state index contributed by atoms with van der Waals surface area (Å²) in [5, 5.41) is 16.9. The molecule has 5 rings (SSSR count). The topological polar surface area (TPSA) is 179 Å². The summed E-state index contributed by atoms with van der Waals surface area (Å²) in [6.07, 6.45) is 4.84. The minimum atomic E-state index is -4.26. The third kappa shape index (κ3) is 5.94. The number of carboxylic acid groups (broad SMARTS) is 1. The number of benzene rings is 2. The average molecular weight is 548 g/mol. The van der Waals surface area contributed by atoms with Gasteiger partial charge >= 0.3 is 5.97 Å². The van der Waals surface area contributed by atoms with Crippen molar-refractivity contribution in [1.82, 2.24) is 30.3 Å². The number of rotatable bonds is 9. The lowest BCUT2D eigenvalue weighted by Crippen LogP contribution is -2.43. The number of hydrogen-bond donors (Lipinski definition) is 5. The van der Waals surface area contributed by atoms with E-state index in [0.29, 0.717) is 22.8 Å². The van der Waals surface area contributed by atoms with Crippen LogP contribution in [0.5, 0.6) is 0 Å². The molecule has 12 nitrogen and oxygen atoms in total. The van der Waals surface area contributed by atoms with E-state index >= 15 is 0 Å². The summed E-state index contributed by atoms with van der Waals surface area (Å²) in [4.78, 5) is 40.0. The molecule has 0 fully saturated rings. The van der Waals surface area contributed by atoms with Crippen molar-refractivity contribution < 1.29 is 18.3 Å². The van der Waals surface area contributed by atoms with Crippen molar-refractivity contribution in [1.29, 1.82) is 0 Å². The Morgan fingerprint density at radius 2 is 2.03 bits per heavy atom. The van der Waals surface area contributed by atoms with Gasteiger partial charge in [0.2, 0.25) is 10.0 Å². The number of pyridine rings is 1. The van der Waals surface area contributed by atoms with E-state index < -0.39 is 27.6 Å². The summed E-state index contributed by atoms with van der Waals surface area (Å²) in [5.74, 6) is -0.625. The number of aromatic nitrogens is 3. The maximum atomic E-state index is 13.1. The van der Waals surface area contributed by atoms with Gasteiger partial charge in [-0.3, -0.25) is 19.6 Å². The lowest BCUT2D eigenvalue weighted by molar-refractivity contribution is -0.139. The normalized spacial score (nSPS) is 14.4. The average Bonchev–Trinajstić information content (AvgIpc) is 3.44. The van der Waals surface area contributed by atoms with Crippen molar-refractivity contribution >= 4 is 49.8 Å². The molecular formula is C26H25N7O5S. The molecule has 0 aliphatic carbocycles. The fourth-order valence-electron chi connectivity index (χ4n) is 4.19. The second kappa shape index (κ2) is 11.0. The number of nitrogens with zero attached hydrogens (tertiary/aromatic N) is 3. The molecule has 0 spiro atoms. The quantitative estimate of drug-likeness (QED) is 0.204. The van der Waals surface area contributed by atoms with Gasteiger partial charge in [-0.15, -0.1) is 0 Å². The Labute approximate surface area is 223 Å². The highest BCUT2D eigenvalue weighted by molar-refractivity contribution is 7.89. The van der Waals surface area contributed by atoms with Gasteiger partial charge in [0.05, 0.1) is 23.0 Å². The van der Waals surface area contributed by atoms with Gasteiger partial charge in [-0.25, -0.2) is 13.4 Å². The summed E-state index contributed by atoms with van der Waals surface area (Å²) in [6, 6.07) is 11.5. The highest BCUT2D eigenvalue weighted by Crippen LogP contribution is 2.21. The van der Waals surface area contributed by atoms with E-state index in [4.69, 9.17) is 0 Å². The Morgan fingerprint density at radius 3 is 2.82 bits per heavy atom. The number of carboxylic acids is 1. The number of aromatic amines is 1. The number of hydrogen-bond acceptors (Lipinski definition) is 9. The first-order valence-electron chi connectivity index (χ1n) is 12.1. The summed E-state index contributed by atoms with van der Waals surface area (Å²) in [7, 11) is -4.26. The monoisotopic (exact) mass is 547 g/mol. The molecule has 5 N–H and O–H groups in total. The summed E-state index contributed by atoms with van der Waals surface area (Å²) in [5.41, 5.74) is 0.904. The number of nitrogens with one attached hydrogen (secondary N) is 4. The molecule has 39 heavy (non-hydrogen) atoms. The van der Waals surface area contributed by atoms with Gasteiger partial charge in [0.25, 0.3) is 5.56 Å². The van der Waals surface area contributed by atoms with Crippen LogP contribution in [0.25, 0.3) is 27.9 Å². The zero-order chi connectivity index (χ0) is 27.4. The molecule has 0 unspecified atom stereocenters. The van der Waals surface area contributed by atoms with Gasteiger partial charge < -0.3 is 20.7 Å². The first kappa shape index (κ1) is 26.0. The lowest BCUT2D eigenvalue weighted by atomic mass is 10.1. The molecule has 1 aliphatic heterocycles. The van der Waals surface area contributed by atoms with Crippen molar-refractivity contribution in [3.05, 3.63) is 82.5 Å². The summed E-state index contributed by atoms with van der Waals surface area (Å²) in [6.45, 7) is 2.11. The van der Waals surface area contributed by atoms with Crippen LogP contribution in [0.15, 0.2) is 75.5 Å². The molecule has 0 bridgehead atoms. The molecule has 1 aliphatic rings. The fourth-order valence-corrected chi connectivity index (χ4v) is 5.56. The third-order valence-corrected chi connectivity index (χ3v) is 7.53. The number of sulfonamides is 1. The first-order chi connectivity index (χ1) is 18.8. The van der Waals surface area contributed by atoms with E-state index in [1.165, 1.54) is 12.3 Å². The number of aliphatic imine (C=N–C) groups is 1. The Hall–Kier alpha value is -4.62. The summed E-state index contributed by atoms with van der Waals surface area (Å²) >= 11 is 0. The zero-order valence-corrected chi connectivity index (χ0v) is 21.4. The van der Waals surface area contributed by atoms with Crippen molar-refractivity contribution in [2.24, 2.45) is 4.99 Å². The molecule has 2 aromatic heterocycles. The maximum absolute atomic E-state index is 13.1. The molecule has 0 saturated heterocycles. The minimum absolute atomic E-state index is 0.0379. The Bertz CT molecular complexity index is 1780. The largest absolute Gasteiger partial charge is 0.480 e. The molecule has 0 amide bonds. The predicted octanol–water partition coefficient (Wildman–Crippen LogP) is 1.01. The first-order valence-corrected chi connectivity index (χ1v) is 13.6. The highest BCUT2D eigenvalue weighted by Gasteiger charge is 2.28. The lowest BCUT2D eigenvalue weighted by Gasteiger charge is -2.15. The van der Waals surface area contributed by atoms with E-state index in [0.717, 1.165) is 24.6 Å². The van der Waals surface area contributed by atoms with Crippen LogP contribution in [-0.2, 0) is 21.2 Å². The van der Waals surface area contributed by atoms with E-state index in [1.54, 1.807) is 42.5 Å². The van der Waals surface area contributed by atoms with Crippen LogP contribution in [-0.4, -0.2) is 66.1 Å². The summed E-state index contributed by atoms with van der Waals surface area (Å²) < 4.78 is 28.5. The number of carbonyl (C=O) groups is 1. The van der Waals surface area contributed by atoms with Crippen LogP contribution in [0.4, 0.5) is 0 Å². The molecule has 13 heteroatoms. The van der Waals surface area contributed by atoms with Gasteiger partial charge in [-0.2, -0.15) is 4.72 Å². The predicted molar refractivity (Wildman–Crippen MR) is 147 cm³/mol. The van der Waals surface area contributed by atoms with Gasteiger partial charge in [-0.1, -0.05) is 36.4 Å². The number of fused-ring (bicyclic) bond motifs is 2. The van der Waals surface area contributed by atoms with Crippen LogP contribution in [0.1, 0.15) is 11.4 Å². The number of aliphatic carboxylic acids is 1. The molecule has 2 aromatic carbocycles.